The van der Waals surface area contributed by atoms with Gasteiger partial charge in [0.05, 0.1) is 23.0 Å². The number of hydrogen-bond acceptors (Lipinski definition) is 6. The van der Waals surface area contributed by atoms with Crippen molar-refractivity contribution in [3.8, 4) is 0 Å². The lowest BCUT2D eigenvalue weighted by Crippen LogP contribution is -2.47. The second-order valence-electron chi connectivity index (χ2n) is 10.4. The van der Waals surface area contributed by atoms with Crippen molar-refractivity contribution in [3.63, 3.8) is 0 Å². The van der Waals surface area contributed by atoms with Crippen LogP contribution in [0.25, 0.3) is 11.0 Å². The van der Waals surface area contributed by atoms with Gasteiger partial charge in [0.15, 0.2) is 0 Å². The highest BCUT2D eigenvalue weighted by Crippen LogP contribution is 2.39. The molecule has 0 bridgehead atoms. The minimum absolute atomic E-state index is 0.0836. The van der Waals surface area contributed by atoms with Gasteiger partial charge in [0, 0.05) is 58.4 Å². The first-order chi connectivity index (χ1) is 18.7. The van der Waals surface area contributed by atoms with Crippen LogP contribution in [0.1, 0.15) is 31.9 Å². The van der Waals surface area contributed by atoms with Crippen LogP contribution >= 0.6 is 0 Å². The topological polar surface area (TPSA) is 91.9 Å². The van der Waals surface area contributed by atoms with E-state index in [1.165, 1.54) is 6.26 Å². The molecule has 0 saturated carbocycles. The van der Waals surface area contributed by atoms with Gasteiger partial charge in [-0.15, -0.1) is 0 Å². The van der Waals surface area contributed by atoms with Crippen molar-refractivity contribution >= 4 is 34.2 Å². The van der Waals surface area contributed by atoms with E-state index in [0.717, 1.165) is 16.8 Å². The van der Waals surface area contributed by atoms with Crippen LogP contribution < -0.4 is 15.4 Å². The molecule has 0 saturated heterocycles. The minimum atomic E-state index is -1.15. The Kier molecular flexibility index (Phi) is 7.10. The average molecular weight is 528 g/mol. The molecule has 0 atom stereocenters. The number of carbonyl (C=O) groups excluding carboxylic acids is 2. The van der Waals surface area contributed by atoms with Crippen molar-refractivity contribution < 1.29 is 14.0 Å². The number of rotatable bonds is 8. The first-order valence-corrected chi connectivity index (χ1v) is 13.1. The van der Waals surface area contributed by atoms with Crippen molar-refractivity contribution in [3.05, 3.63) is 88.8 Å². The molecule has 0 N–H and O–H groups in total. The maximum Gasteiger partial charge on any atom is 0.261 e. The molecule has 1 aliphatic rings. The van der Waals surface area contributed by atoms with Crippen LogP contribution in [0.2, 0.25) is 0 Å². The van der Waals surface area contributed by atoms with Gasteiger partial charge in [-0.1, -0.05) is 12.1 Å². The molecule has 0 radical (unpaired) electrons. The normalized spacial score (nSPS) is 15.2. The van der Waals surface area contributed by atoms with Gasteiger partial charge in [0.1, 0.15) is 11.0 Å². The third kappa shape index (κ3) is 4.97. The van der Waals surface area contributed by atoms with Crippen LogP contribution in [0.3, 0.4) is 0 Å². The van der Waals surface area contributed by atoms with Crippen molar-refractivity contribution in [2.45, 2.75) is 40.4 Å². The number of aromatic nitrogens is 2. The summed E-state index contributed by atoms with van der Waals surface area (Å²) in [4.78, 5) is 49.2. The Morgan fingerprint density at radius 1 is 0.974 bits per heavy atom. The summed E-state index contributed by atoms with van der Waals surface area (Å²) in [6.45, 7) is 8.07. The van der Waals surface area contributed by atoms with E-state index in [9.17, 15) is 14.4 Å². The van der Waals surface area contributed by atoms with E-state index in [-0.39, 0.29) is 17.4 Å². The van der Waals surface area contributed by atoms with Gasteiger partial charge in [0.2, 0.25) is 11.8 Å². The molecule has 202 valence electrons. The SMILES string of the molecule is CCN1C(=O)C(C)(C)C(=O)N(C)c2cc(CN(CCn3ccc4occc4c3=O)Cc3cccnc3)ccc21. The number of benzene rings is 1. The van der Waals surface area contributed by atoms with Crippen molar-refractivity contribution in [1.29, 1.82) is 0 Å². The van der Waals surface area contributed by atoms with Crippen LogP contribution in [0, 0.1) is 5.41 Å². The molecule has 1 aromatic carbocycles. The Morgan fingerprint density at radius 3 is 2.51 bits per heavy atom. The van der Waals surface area contributed by atoms with Crippen molar-refractivity contribution in [1.82, 2.24) is 14.5 Å². The van der Waals surface area contributed by atoms with E-state index >= 15 is 0 Å². The molecule has 2 amide bonds. The third-order valence-corrected chi connectivity index (χ3v) is 7.41. The van der Waals surface area contributed by atoms with E-state index < -0.39 is 5.41 Å². The number of furan rings is 1. The largest absolute Gasteiger partial charge is 0.464 e. The lowest BCUT2D eigenvalue weighted by molar-refractivity contribution is -0.137. The number of pyridine rings is 2. The predicted molar refractivity (Wildman–Crippen MR) is 150 cm³/mol. The van der Waals surface area contributed by atoms with E-state index in [0.29, 0.717) is 49.4 Å². The summed E-state index contributed by atoms with van der Waals surface area (Å²) in [7, 11) is 1.73. The Morgan fingerprint density at radius 2 is 1.77 bits per heavy atom. The molecule has 0 fully saturated rings. The Hall–Kier alpha value is -4.24. The summed E-state index contributed by atoms with van der Waals surface area (Å²) >= 11 is 0. The quantitative estimate of drug-likeness (QED) is 0.321. The fourth-order valence-electron chi connectivity index (χ4n) is 5.20. The van der Waals surface area contributed by atoms with Gasteiger partial charge in [-0.3, -0.25) is 24.3 Å². The molecule has 3 aromatic heterocycles. The van der Waals surface area contributed by atoms with E-state index in [1.807, 2.05) is 49.5 Å². The predicted octanol–water partition coefficient (Wildman–Crippen LogP) is 4.05. The van der Waals surface area contributed by atoms with Gasteiger partial charge < -0.3 is 18.8 Å². The monoisotopic (exact) mass is 527 g/mol. The molecule has 4 aromatic rings. The summed E-state index contributed by atoms with van der Waals surface area (Å²) in [5.74, 6) is -0.435. The average Bonchev–Trinajstić information content (AvgIpc) is 3.41. The van der Waals surface area contributed by atoms with E-state index in [2.05, 4.69) is 9.88 Å². The van der Waals surface area contributed by atoms with Crippen LogP contribution in [-0.4, -0.2) is 46.4 Å². The summed E-state index contributed by atoms with van der Waals surface area (Å²) < 4.78 is 7.06. The number of nitrogens with zero attached hydrogens (tertiary/aromatic N) is 5. The van der Waals surface area contributed by atoms with Crippen LogP contribution in [0.5, 0.6) is 0 Å². The molecule has 9 heteroatoms. The second kappa shape index (κ2) is 10.5. The van der Waals surface area contributed by atoms with Crippen LogP contribution in [0.15, 0.2) is 76.5 Å². The van der Waals surface area contributed by atoms with Gasteiger partial charge in [-0.05, 0) is 62.2 Å². The highest BCUT2D eigenvalue weighted by molar-refractivity contribution is 6.19. The molecule has 0 spiro atoms. The molecule has 5 rings (SSSR count). The lowest BCUT2D eigenvalue weighted by Gasteiger charge is -2.27. The van der Waals surface area contributed by atoms with Gasteiger partial charge in [-0.25, -0.2) is 0 Å². The number of hydrogen-bond donors (Lipinski definition) is 0. The first-order valence-electron chi connectivity index (χ1n) is 13.1. The zero-order chi connectivity index (χ0) is 27.7. The number of fused-ring (bicyclic) bond motifs is 2. The van der Waals surface area contributed by atoms with E-state index in [1.54, 1.807) is 53.7 Å². The Labute approximate surface area is 227 Å². The highest BCUT2D eigenvalue weighted by Gasteiger charge is 2.45. The van der Waals surface area contributed by atoms with Gasteiger partial charge >= 0.3 is 0 Å². The molecule has 39 heavy (non-hydrogen) atoms. The van der Waals surface area contributed by atoms with Crippen molar-refractivity contribution in [2.75, 3.05) is 29.9 Å². The van der Waals surface area contributed by atoms with Gasteiger partial charge in [-0.2, -0.15) is 0 Å². The van der Waals surface area contributed by atoms with Crippen LogP contribution in [0.4, 0.5) is 11.4 Å². The molecule has 9 nitrogen and oxygen atoms in total. The van der Waals surface area contributed by atoms with Crippen LogP contribution in [-0.2, 0) is 29.2 Å². The molecular formula is C30H33N5O4. The fourth-order valence-corrected chi connectivity index (χ4v) is 5.20. The molecule has 1 aliphatic heterocycles. The van der Waals surface area contributed by atoms with Gasteiger partial charge in [0.25, 0.3) is 5.56 Å². The second-order valence-corrected chi connectivity index (χ2v) is 10.4. The maximum absolute atomic E-state index is 13.3. The first kappa shape index (κ1) is 26.4. The standard InChI is InChI=1S/C30H33N5O4/c1-5-35-24-9-8-21(17-25(24)32(4)28(37)30(2,3)29(35)38)19-33(20-22-7-6-12-31-18-22)14-15-34-13-10-26-23(27(34)36)11-16-39-26/h6-13,16-18H,5,14-15,19-20H2,1-4H3. The number of carbonyl (C=O) groups is 2. The van der Waals surface area contributed by atoms with Crippen molar-refractivity contribution in [2.24, 2.45) is 5.41 Å². The highest BCUT2D eigenvalue weighted by atomic mass is 16.3. The third-order valence-electron chi connectivity index (χ3n) is 7.41. The number of amides is 2. The smallest absolute Gasteiger partial charge is 0.261 e. The van der Waals surface area contributed by atoms with E-state index in [4.69, 9.17) is 4.42 Å². The zero-order valence-corrected chi connectivity index (χ0v) is 22.8. The fraction of sp³-hybridized carbons (Fsp3) is 0.333. The Balaban J connectivity index is 1.44. The summed E-state index contributed by atoms with van der Waals surface area (Å²) in [5, 5.41) is 0.563. The minimum Gasteiger partial charge on any atom is -0.464 e. The molecule has 0 unspecified atom stereocenters. The Bertz CT molecular complexity index is 1570. The molecule has 0 aliphatic carbocycles. The lowest BCUT2D eigenvalue weighted by atomic mass is 9.90. The summed E-state index contributed by atoms with van der Waals surface area (Å²) in [6, 6.07) is 13.4. The molecule has 4 heterocycles. The number of anilines is 2. The molecular weight excluding hydrogens is 494 g/mol. The summed E-state index contributed by atoms with van der Waals surface area (Å²) in [5.41, 5.74) is 2.83. The zero-order valence-electron chi connectivity index (χ0n) is 22.8. The maximum atomic E-state index is 13.3. The summed E-state index contributed by atoms with van der Waals surface area (Å²) in [6.07, 6.45) is 6.87.